The predicted molar refractivity (Wildman–Crippen MR) is 38.4 cm³/mol. The van der Waals surface area contributed by atoms with E-state index in [1.807, 2.05) is 0 Å². The number of hydrogen-bond acceptors (Lipinski definition) is 1. The van der Waals surface area contributed by atoms with Crippen molar-refractivity contribution in [2.24, 2.45) is 5.92 Å². The first-order valence-electron chi connectivity index (χ1n) is 4.20. The summed E-state index contributed by atoms with van der Waals surface area (Å²) in [5.74, 6) is 1.05. The van der Waals surface area contributed by atoms with Gasteiger partial charge in [-0.05, 0) is 31.7 Å². The minimum atomic E-state index is 0.916. The maximum atomic E-state index is 3.56. The Morgan fingerprint density at radius 3 is 2.78 bits per heavy atom. The van der Waals surface area contributed by atoms with Crippen LogP contribution in [0.4, 0.5) is 0 Å². The van der Waals surface area contributed by atoms with E-state index >= 15 is 0 Å². The number of fused-ring (bicyclic) bond motifs is 1. The van der Waals surface area contributed by atoms with Gasteiger partial charge in [-0.2, -0.15) is 0 Å². The van der Waals surface area contributed by atoms with E-state index in [0.29, 0.717) is 0 Å². The second kappa shape index (κ2) is 2.30. The van der Waals surface area contributed by atoms with Crippen LogP contribution in [0.15, 0.2) is 0 Å². The summed E-state index contributed by atoms with van der Waals surface area (Å²) in [5.41, 5.74) is 0. The number of nitrogens with one attached hydrogen (secondary N) is 1. The minimum absolute atomic E-state index is 0.916. The average molecular weight is 125 g/mol. The fraction of sp³-hybridized carbons (Fsp3) is 1.00. The molecule has 0 bridgehead atoms. The van der Waals surface area contributed by atoms with Crippen LogP contribution in [0.5, 0.6) is 0 Å². The molecule has 52 valence electrons. The van der Waals surface area contributed by atoms with E-state index in [0.717, 1.165) is 12.0 Å². The molecule has 1 saturated heterocycles. The van der Waals surface area contributed by atoms with Gasteiger partial charge >= 0.3 is 0 Å². The largest absolute Gasteiger partial charge is 0.314 e. The highest BCUT2D eigenvalue weighted by Gasteiger charge is 2.28. The third kappa shape index (κ3) is 0.983. The van der Waals surface area contributed by atoms with Gasteiger partial charge in [0.05, 0.1) is 0 Å². The average Bonchev–Trinajstić information content (AvgIpc) is 2.33. The zero-order valence-electron chi connectivity index (χ0n) is 5.90. The van der Waals surface area contributed by atoms with Crippen LogP contribution in [0.2, 0.25) is 0 Å². The van der Waals surface area contributed by atoms with Crippen molar-refractivity contribution in [1.82, 2.24) is 5.32 Å². The Balaban J connectivity index is 1.97. The molecule has 0 aromatic rings. The molecule has 9 heavy (non-hydrogen) atoms. The molecule has 1 aliphatic heterocycles. The summed E-state index contributed by atoms with van der Waals surface area (Å²) in [6.45, 7) is 1.29. The van der Waals surface area contributed by atoms with Crippen LogP contribution in [0.3, 0.4) is 0 Å². The molecule has 1 N–H and O–H groups in total. The fourth-order valence-electron chi connectivity index (χ4n) is 2.28. The second-order valence-corrected chi connectivity index (χ2v) is 3.39. The topological polar surface area (TPSA) is 12.0 Å². The Hall–Kier alpha value is -0.0400. The zero-order valence-corrected chi connectivity index (χ0v) is 5.90. The first kappa shape index (κ1) is 5.72. The number of rotatable bonds is 0. The molecule has 1 nitrogen and oxygen atoms in total. The Kier molecular flexibility index (Phi) is 1.46. The monoisotopic (exact) mass is 125 g/mol. The molecule has 1 unspecified atom stereocenters. The van der Waals surface area contributed by atoms with Crippen LogP contribution in [0.1, 0.15) is 32.1 Å². The molecule has 2 fully saturated rings. The summed E-state index contributed by atoms with van der Waals surface area (Å²) in [7, 11) is 0. The lowest BCUT2D eigenvalue weighted by Crippen LogP contribution is -2.29. The molecule has 0 spiro atoms. The van der Waals surface area contributed by atoms with E-state index < -0.39 is 0 Å². The maximum Gasteiger partial charge on any atom is 0.00958 e. The molecule has 0 aromatic heterocycles. The molecule has 2 aliphatic rings. The molecule has 2 atom stereocenters. The van der Waals surface area contributed by atoms with Gasteiger partial charge in [-0.1, -0.05) is 12.8 Å². The molecule has 0 radical (unpaired) electrons. The summed E-state index contributed by atoms with van der Waals surface area (Å²) in [6.07, 6.45) is 7.35. The van der Waals surface area contributed by atoms with Gasteiger partial charge in [0.1, 0.15) is 0 Å². The maximum absolute atomic E-state index is 3.56. The van der Waals surface area contributed by atoms with Crippen LogP contribution >= 0.6 is 0 Å². The standard InChI is InChI=1S/C8H15N/c1-2-4-8-7(3-1)5-6-9-8/h7-9H,1-6H2/t7?,8-/m1/s1. The molecule has 1 saturated carbocycles. The van der Waals surface area contributed by atoms with Gasteiger partial charge in [0.15, 0.2) is 0 Å². The van der Waals surface area contributed by atoms with Gasteiger partial charge in [0.2, 0.25) is 0 Å². The van der Waals surface area contributed by atoms with Gasteiger partial charge in [-0.15, -0.1) is 0 Å². The SMILES string of the molecule is C1CC[C@H]2NCCC2C1. The van der Waals surface area contributed by atoms with Gasteiger partial charge in [0.25, 0.3) is 0 Å². The van der Waals surface area contributed by atoms with Gasteiger partial charge in [0, 0.05) is 6.04 Å². The van der Waals surface area contributed by atoms with E-state index in [1.165, 1.54) is 38.6 Å². The van der Waals surface area contributed by atoms with E-state index in [4.69, 9.17) is 0 Å². The molecule has 2 rings (SSSR count). The lowest BCUT2D eigenvalue weighted by Gasteiger charge is -2.24. The van der Waals surface area contributed by atoms with Crippen LogP contribution < -0.4 is 5.32 Å². The van der Waals surface area contributed by atoms with Crippen molar-refractivity contribution in [1.29, 1.82) is 0 Å². The third-order valence-electron chi connectivity index (χ3n) is 2.83. The van der Waals surface area contributed by atoms with Crippen molar-refractivity contribution in [2.45, 2.75) is 38.1 Å². The van der Waals surface area contributed by atoms with Crippen molar-refractivity contribution in [3.05, 3.63) is 0 Å². The van der Waals surface area contributed by atoms with Gasteiger partial charge < -0.3 is 5.32 Å². The quantitative estimate of drug-likeness (QED) is 0.518. The smallest absolute Gasteiger partial charge is 0.00958 e. The normalized spacial score (nSPS) is 42.7. The van der Waals surface area contributed by atoms with Crippen molar-refractivity contribution in [3.8, 4) is 0 Å². The minimum Gasteiger partial charge on any atom is -0.314 e. The Labute approximate surface area is 56.8 Å². The summed E-state index contributed by atoms with van der Waals surface area (Å²) < 4.78 is 0. The Morgan fingerprint density at radius 2 is 1.89 bits per heavy atom. The van der Waals surface area contributed by atoms with Crippen LogP contribution in [-0.4, -0.2) is 12.6 Å². The molecular formula is C8H15N. The zero-order chi connectivity index (χ0) is 6.10. The van der Waals surface area contributed by atoms with Crippen LogP contribution in [0.25, 0.3) is 0 Å². The highest BCUT2D eigenvalue weighted by molar-refractivity contribution is 4.86. The van der Waals surface area contributed by atoms with E-state index in [-0.39, 0.29) is 0 Å². The second-order valence-electron chi connectivity index (χ2n) is 3.39. The predicted octanol–water partition coefficient (Wildman–Crippen LogP) is 1.54. The van der Waals surface area contributed by atoms with E-state index in [2.05, 4.69) is 5.32 Å². The highest BCUT2D eigenvalue weighted by atomic mass is 15.0. The lowest BCUT2D eigenvalue weighted by molar-refractivity contribution is 0.326. The van der Waals surface area contributed by atoms with Crippen molar-refractivity contribution in [2.75, 3.05) is 6.54 Å². The molecule has 1 heterocycles. The lowest BCUT2D eigenvalue weighted by atomic mass is 9.86. The van der Waals surface area contributed by atoms with Gasteiger partial charge in [-0.3, -0.25) is 0 Å². The molecule has 1 aliphatic carbocycles. The summed E-state index contributed by atoms with van der Waals surface area (Å²) >= 11 is 0. The molecule has 0 amide bonds. The third-order valence-corrected chi connectivity index (χ3v) is 2.83. The van der Waals surface area contributed by atoms with Crippen LogP contribution in [-0.2, 0) is 0 Å². The summed E-state index contributed by atoms with van der Waals surface area (Å²) in [5, 5.41) is 3.56. The number of hydrogen-bond donors (Lipinski definition) is 1. The van der Waals surface area contributed by atoms with Gasteiger partial charge in [-0.25, -0.2) is 0 Å². The summed E-state index contributed by atoms with van der Waals surface area (Å²) in [4.78, 5) is 0. The highest BCUT2D eigenvalue weighted by Crippen LogP contribution is 2.29. The molecular weight excluding hydrogens is 110 g/mol. The van der Waals surface area contributed by atoms with E-state index in [1.54, 1.807) is 0 Å². The molecule has 1 heteroatoms. The first-order valence-corrected chi connectivity index (χ1v) is 4.20. The fourth-order valence-corrected chi connectivity index (χ4v) is 2.28. The van der Waals surface area contributed by atoms with Crippen molar-refractivity contribution < 1.29 is 0 Å². The summed E-state index contributed by atoms with van der Waals surface area (Å²) in [6, 6.07) is 0.916. The van der Waals surface area contributed by atoms with Crippen molar-refractivity contribution in [3.63, 3.8) is 0 Å². The Morgan fingerprint density at radius 1 is 1.00 bits per heavy atom. The first-order chi connectivity index (χ1) is 4.47. The Bertz CT molecular complexity index is 88.7. The van der Waals surface area contributed by atoms with Crippen molar-refractivity contribution >= 4 is 0 Å². The van der Waals surface area contributed by atoms with E-state index in [9.17, 15) is 0 Å². The van der Waals surface area contributed by atoms with Crippen LogP contribution in [0, 0.1) is 5.92 Å². The molecule has 0 aromatic carbocycles.